The van der Waals surface area contributed by atoms with Gasteiger partial charge in [-0.15, -0.1) is 10.2 Å². The monoisotopic (exact) mass is 619 g/mol. The van der Waals surface area contributed by atoms with Crippen molar-refractivity contribution in [2.24, 2.45) is 0 Å². The molecule has 0 aliphatic carbocycles. The fourth-order valence-corrected chi connectivity index (χ4v) is 5.94. The molecule has 0 radical (unpaired) electrons. The first kappa shape index (κ1) is 29.2. The van der Waals surface area contributed by atoms with Gasteiger partial charge in [0.2, 0.25) is 11.8 Å². The molecule has 4 aromatic heterocycles. The number of benzene rings is 1. The molecule has 1 aliphatic rings. The number of non-ortho nitro benzene ring substituents is 1. The van der Waals surface area contributed by atoms with Gasteiger partial charge in [0.15, 0.2) is 0 Å². The molecule has 0 saturated carbocycles. The second-order valence-corrected chi connectivity index (χ2v) is 12.0. The second kappa shape index (κ2) is 12.0. The fourth-order valence-electron chi connectivity index (χ4n) is 4.89. The minimum Gasteiger partial charge on any atom is -0.480 e. The van der Waals surface area contributed by atoms with Gasteiger partial charge in [-0.3, -0.25) is 19.2 Å². The van der Waals surface area contributed by atoms with Crippen LogP contribution in [0.2, 0.25) is 0 Å². The summed E-state index contributed by atoms with van der Waals surface area (Å²) in [5.74, 6) is 0.945. The van der Waals surface area contributed by atoms with E-state index in [1.165, 1.54) is 7.11 Å². The average molecular weight is 620 g/mol. The van der Waals surface area contributed by atoms with Gasteiger partial charge in [0, 0.05) is 74.8 Å². The van der Waals surface area contributed by atoms with E-state index < -0.39 is 14.9 Å². The zero-order valence-electron chi connectivity index (χ0n) is 24.0. The summed E-state index contributed by atoms with van der Waals surface area (Å²) in [7, 11) is -0.610. The lowest BCUT2D eigenvalue weighted by atomic mass is 10.1. The number of anilines is 1. The number of rotatable bonds is 10. The number of imidazole rings is 1. The van der Waals surface area contributed by atoms with Gasteiger partial charge in [-0.2, -0.15) is 0 Å². The lowest BCUT2D eigenvalue weighted by Crippen LogP contribution is -2.45. The summed E-state index contributed by atoms with van der Waals surface area (Å²) in [5.41, 5.74) is 2.44. The molecule has 16 heteroatoms. The minimum atomic E-state index is -4.11. The van der Waals surface area contributed by atoms with Crippen molar-refractivity contribution >= 4 is 27.0 Å². The highest BCUT2D eigenvalue weighted by Crippen LogP contribution is 2.31. The number of fused-ring (bicyclic) bond motifs is 1. The van der Waals surface area contributed by atoms with Crippen LogP contribution < -0.4 is 9.46 Å². The number of nitro groups is 1. The van der Waals surface area contributed by atoms with Crippen molar-refractivity contribution in [1.82, 2.24) is 34.4 Å². The Morgan fingerprint density at radius 3 is 2.52 bits per heavy atom. The quantitative estimate of drug-likeness (QED) is 0.179. The summed E-state index contributed by atoms with van der Waals surface area (Å²) in [6, 6.07) is 9.81. The maximum atomic E-state index is 13.1. The predicted octanol–water partition coefficient (Wildman–Crippen LogP) is 2.95. The number of likely N-dealkylation sites (N-methyl/N-ethyl adjacent to an activating group) is 1. The number of nitro benzene ring substituents is 1. The Hall–Kier alpha value is -4.93. The number of piperazine rings is 1. The molecular formula is C28H29N9O6S. The van der Waals surface area contributed by atoms with E-state index in [-0.39, 0.29) is 22.2 Å². The van der Waals surface area contributed by atoms with Gasteiger partial charge in [0.05, 0.1) is 23.1 Å². The number of pyridine rings is 2. The van der Waals surface area contributed by atoms with E-state index in [0.717, 1.165) is 57.0 Å². The van der Waals surface area contributed by atoms with Crippen LogP contribution in [0, 0.1) is 10.1 Å². The number of methoxy groups -OCH3 is 1. The predicted molar refractivity (Wildman–Crippen MR) is 160 cm³/mol. The highest BCUT2D eigenvalue weighted by atomic mass is 32.2. The van der Waals surface area contributed by atoms with Crippen LogP contribution in [0.15, 0.2) is 70.4 Å². The van der Waals surface area contributed by atoms with Gasteiger partial charge in [0.1, 0.15) is 17.0 Å². The zero-order chi connectivity index (χ0) is 30.8. The van der Waals surface area contributed by atoms with Crippen LogP contribution in [0.4, 0.5) is 11.4 Å². The molecule has 0 bridgehead atoms. The molecule has 0 atom stereocenters. The molecule has 5 aromatic rings. The molecule has 1 N–H and O–H groups in total. The molecule has 15 nitrogen and oxygen atoms in total. The van der Waals surface area contributed by atoms with E-state index >= 15 is 0 Å². The summed E-state index contributed by atoms with van der Waals surface area (Å²) in [6.07, 6.45) is 5.69. The number of ether oxygens (including phenoxy) is 1. The van der Waals surface area contributed by atoms with Crippen LogP contribution in [-0.4, -0.2) is 94.6 Å². The van der Waals surface area contributed by atoms with Gasteiger partial charge in [0.25, 0.3) is 21.6 Å². The maximum Gasteiger partial charge on any atom is 0.269 e. The Bertz CT molecular complexity index is 1920. The van der Waals surface area contributed by atoms with Crippen LogP contribution in [-0.2, 0) is 16.4 Å². The van der Waals surface area contributed by atoms with Crippen molar-refractivity contribution in [3.63, 3.8) is 0 Å². The number of nitrogens with zero attached hydrogens (tertiary/aromatic N) is 8. The van der Waals surface area contributed by atoms with Gasteiger partial charge in [-0.1, -0.05) is 0 Å². The van der Waals surface area contributed by atoms with Gasteiger partial charge < -0.3 is 19.0 Å². The van der Waals surface area contributed by atoms with Crippen LogP contribution >= 0.6 is 0 Å². The maximum absolute atomic E-state index is 13.1. The average Bonchev–Trinajstić information content (AvgIpc) is 3.67. The molecule has 6 rings (SSSR count). The third-order valence-corrected chi connectivity index (χ3v) is 8.79. The molecule has 0 spiro atoms. The van der Waals surface area contributed by atoms with Crippen molar-refractivity contribution in [2.75, 3.05) is 51.6 Å². The molecule has 0 amide bonds. The summed E-state index contributed by atoms with van der Waals surface area (Å²) < 4.78 is 41.8. The van der Waals surface area contributed by atoms with E-state index in [0.29, 0.717) is 40.7 Å². The van der Waals surface area contributed by atoms with Crippen molar-refractivity contribution in [2.45, 2.75) is 11.3 Å². The Balaban J connectivity index is 1.24. The van der Waals surface area contributed by atoms with E-state index in [9.17, 15) is 18.5 Å². The third-order valence-electron chi connectivity index (χ3n) is 7.41. The molecular weight excluding hydrogens is 590 g/mol. The molecule has 1 aliphatic heterocycles. The van der Waals surface area contributed by atoms with Crippen molar-refractivity contribution in [3.8, 4) is 28.6 Å². The standard InChI is InChI=1S/C28H29N9O6S/c1-34-11-13-35(14-12-34)10-9-26-31-32-28(43-26)24-17-29-25-8-3-19(18-36(24)25)20-15-23(27(42-2)30-16-20)33-44(40,41)22-6-4-21(5-7-22)37(38)39/h3-8,15-18,33H,9-14H2,1-2H3. The number of sulfonamides is 1. The van der Waals surface area contributed by atoms with Crippen molar-refractivity contribution < 1.29 is 22.5 Å². The molecule has 1 fully saturated rings. The van der Waals surface area contributed by atoms with Gasteiger partial charge in [-0.05, 0) is 37.4 Å². The zero-order valence-corrected chi connectivity index (χ0v) is 24.8. The Morgan fingerprint density at radius 2 is 1.80 bits per heavy atom. The van der Waals surface area contributed by atoms with Crippen LogP contribution in [0.3, 0.4) is 0 Å². The topological polar surface area (TPSA) is 174 Å². The molecule has 228 valence electrons. The number of nitrogens with one attached hydrogen (secondary N) is 1. The molecule has 1 saturated heterocycles. The van der Waals surface area contributed by atoms with E-state index in [1.54, 1.807) is 18.5 Å². The summed E-state index contributed by atoms with van der Waals surface area (Å²) >= 11 is 0. The van der Waals surface area contributed by atoms with E-state index in [4.69, 9.17) is 9.15 Å². The Morgan fingerprint density at radius 1 is 1.02 bits per heavy atom. The van der Waals surface area contributed by atoms with E-state index in [1.807, 2.05) is 22.7 Å². The number of hydrogen-bond donors (Lipinski definition) is 1. The molecule has 1 aromatic carbocycles. The van der Waals surface area contributed by atoms with Crippen LogP contribution in [0.1, 0.15) is 5.89 Å². The minimum absolute atomic E-state index is 0.0543. The summed E-state index contributed by atoms with van der Waals surface area (Å²) in [5, 5.41) is 19.5. The first-order valence-corrected chi connectivity index (χ1v) is 15.2. The third kappa shape index (κ3) is 6.08. The summed E-state index contributed by atoms with van der Waals surface area (Å²) in [4.78, 5) is 23.7. The SMILES string of the molecule is COc1ncc(-c2ccc3ncc(-c4nnc(CCN5CCN(C)CC5)o4)n3c2)cc1NS(=O)(=O)c1ccc([N+](=O)[O-])cc1. The van der Waals surface area contributed by atoms with Crippen LogP contribution in [0.5, 0.6) is 5.88 Å². The lowest BCUT2D eigenvalue weighted by molar-refractivity contribution is -0.384. The first-order valence-electron chi connectivity index (χ1n) is 13.7. The molecule has 5 heterocycles. The van der Waals surface area contributed by atoms with Gasteiger partial charge >= 0.3 is 0 Å². The molecule has 0 unspecified atom stereocenters. The lowest BCUT2D eigenvalue weighted by Gasteiger charge is -2.31. The smallest absolute Gasteiger partial charge is 0.269 e. The fraction of sp³-hybridized carbons (Fsp3) is 0.286. The van der Waals surface area contributed by atoms with Crippen molar-refractivity contribution in [3.05, 3.63) is 77.1 Å². The number of aromatic nitrogens is 5. The number of hydrogen-bond acceptors (Lipinski definition) is 12. The van der Waals surface area contributed by atoms with Crippen LogP contribution in [0.25, 0.3) is 28.4 Å². The Kier molecular flexibility index (Phi) is 7.94. The van der Waals surface area contributed by atoms with E-state index in [2.05, 4.69) is 41.7 Å². The highest BCUT2D eigenvalue weighted by Gasteiger charge is 2.21. The first-order chi connectivity index (χ1) is 21.2. The normalized spacial score (nSPS) is 14.6. The summed E-state index contributed by atoms with van der Waals surface area (Å²) in [6.45, 7) is 4.93. The second-order valence-electron chi connectivity index (χ2n) is 10.3. The molecule has 44 heavy (non-hydrogen) atoms. The Labute approximate surface area is 252 Å². The van der Waals surface area contributed by atoms with Crippen molar-refractivity contribution in [1.29, 1.82) is 0 Å². The highest BCUT2D eigenvalue weighted by molar-refractivity contribution is 7.92. The van der Waals surface area contributed by atoms with Gasteiger partial charge in [-0.25, -0.2) is 18.4 Å². The largest absolute Gasteiger partial charge is 0.480 e.